The van der Waals surface area contributed by atoms with Crippen molar-refractivity contribution in [3.63, 3.8) is 0 Å². The van der Waals surface area contributed by atoms with Gasteiger partial charge in [0.05, 0.1) is 25.4 Å². The molecule has 2 fully saturated rings. The van der Waals surface area contributed by atoms with Crippen LogP contribution in [0.2, 0.25) is 0 Å². The van der Waals surface area contributed by atoms with Gasteiger partial charge < -0.3 is 54.7 Å². The van der Waals surface area contributed by atoms with Crippen molar-refractivity contribution in [2.75, 3.05) is 13.2 Å². The first kappa shape index (κ1) is 25.8. The lowest BCUT2D eigenvalue weighted by Crippen LogP contribution is -2.61. The maximum absolute atomic E-state index is 10.2. The summed E-state index contributed by atoms with van der Waals surface area (Å²) in [6.07, 6.45) is -13.4. The lowest BCUT2D eigenvalue weighted by Gasteiger charge is -2.43. The molecule has 2 aliphatic heterocycles. The van der Waals surface area contributed by atoms with Gasteiger partial charge in [-0.05, 0) is 18.8 Å². The van der Waals surface area contributed by atoms with E-state index >= 15 is 0 Å². The maximum atomic E-state index is 10.2. The van der Waals surface area contributed by atoms with Crippen LogP contribution in [-0.4, -0.2) is 116 Å². The summed E-state index contributed by atoms with van der Waals surface area (Å²) in [6, 6.07) is 0. The van der Waals surface area contributed by atoms with Crippen LogP contribution in [0.4, 0.5) is 0 Å². The van der Waals surface area contributed by atoms with Gasteiger partial charge >= 0.3 is 0 Å². The summed E-state index contributed by atoms with van der Waals surface area (Å²) >= 11 is 0. The van der Waals surface area contributed by atoms with Gasteiger partial charge in [-0.3, -0.25) is 0 Å². The van der Waals surface area contributed by atoms with E-state index in [2.05, 4.69) is 0 Å². The highest BCUT2D eigenvalue weighted by molar-refractivity contribution is 4.91. The molecule has 7 N–H and O–H groups in total. The van der Waals surface area contributed by atoms with E-state index < -0.39 is 67.5 Å². The molecule has 2 saturated heterocycles. The molecule has 30 heavy (non-hydrogen) atoms. The van der Waals surface area contributed by atoms with Crippen molar-refractivity contribution in [2.24, 2.45) is 5.92 Å². The lowest BCUT2D eigenvalue weighted by atomic mass is 9.97. The highest BCUT2D eigenvalue weighted by atomic mass is 16.7. The smallest absolute Gasteiger partial charge is 0.186 e. The van der Waals surface area contributed by atoms with Crippen LogP contribution in [0.3, 0.4) is 0 Å². The normalized spacial score (nSPS) is 43.7. The zero-order chi connectivity index (χ0) is 22.6. The predicted molar refractivity (Wildman–Crippen MR) is 101 cm³/mol. The molecule has 2 heterocycles. The minimum atomic E-state index is -1.59. The highest BCUT2D eigenvalue weighted by Crippen LogP contribution is 2.27. The number of hydrogen-bond donors (Lipinski definition) is 7. The van der Waals surface area contributed by atoms with E-state index in [1.165, 1.54) is 0 Å². The summed E-state index contributed by atoms with van der Waals surface area (Å²) in [7, 11) is 0. The molecule has 0 saturated carbocycles. The molecule has 0 aliphatic carbocycles. The number of rotatable bonds is 9. The summed E-state index contributed by atoms with van der Waals surface area (Å²) < 4.78 is 21.8. The molecular formula is C19H36O11. The number of ether oxygens (including phenoxy) is 4. The Kier molecular flexibility index (Phi) is 9.84. The van der Waals surface area contributed by atoms with Crippen LogP contribution in [0.15, 0.2) is 0 Å². The van der Waals surface area contributed by atoms with Gasteiger partial charge in [0, 0.05) is 0 Å². The van der Waals surface area contributed by atoms with Crippen LogP contribution in [0, 0.1) is 5.92 Å². The van der Waals surface area contributed by atoms with E-state index in [0.717, 1.165) is 0 Å². The van der Waals surface area contributed by atoms with Gasteiger partial charge in [0.2, 0.25) is 0 Å². The molecule has 0 aromatic heterocycles. The molecule has 2 aliphatic rings. The lowest BCUT2D eigenvalue weighted by molar-refractivity contribution is -0.331. The minimum absolute atomic E-state index is 0.136. The van der Waals surface area contributed by atoms with Gasteiger partial charge in [0.1, 0.15) is 42.7 Å². The third-order valence-electron chi connectivity index (χ3n) is 5.36. The molecule has 11 heteroatoms. The Morgan fingerprint density at radius 1 is 0.733 bits per heavy atom. The van der Waals surface area contributed by atoms with Gasteiger partial charge in [0.15, 0.2) is 12.6 Å². The molecule has 0 spiro atoms. The van der Waals surface area contributed by atoms with E-state index in [1.807, 2.05) is 13.8 Å². The molecule has 0 radical (unpaired) electrons. The Bertz CT molecular complexity index is 505. The summed E-state index contributed by atoms with van der Waals surface area (Å²) in [4.78, 5) is 0. The summed E-state index contributed by atoms with van der Waals surface area (Å²) in [5.41, 5.74) is 0. The number of hydrogen-bond acceptors (Lipinski definition) is 11. The standard InChI is InChI=1S/C19H36O11/c1-4-10-12(21)14(23)16(25)19(29-10)28-7-11-13(22)15(24)17(26)18(30-11)27-6-9(20)5-8(2)3/h8-26H,4-7H2,1-3H3. The molecule has 11 unspecified atom stereocenters. The Morgan fingerprint density at radius 3 is 1.77 bits per heavy atom. The second-order valence-electron chi connectivity index (χ2n) is 8.39. The fourth-order valence-electron chi connectivity index (χ4n) is 3.59. The Labute approximate surface area is 175 Å². The van der Waals surface area contributed by atoms with E-state index in [9.17, 15) is 35.7 Å². The first-order chi connectivity index (χ1) is 14.1. The minimum Gasteiger partial charge on any atom is -0.391 e. The molecule has 0 aromatic rings. The second kappa shape index (κ2) is 11.4. The van der Waals surface area contributed by atoms with Crippen molar-refractivity contribution in [1.29, 1.82) is 0 Å². The predicted octanol–water partition coefficient (Wildman–Crippen LogP) is -2.55. The molecule has 11 atom stereocenters. The van der Waals surface area contributed by atoms with Crippen LogP contribution >= 0.6 is 0 Å². The van der Waals surface area contributed by atoms with Crippen LogP contribution in [0.5, 0.6) is 0 Å². The number of aliphatic hydroxyl groups excluding tert-OH is 7. The average molecular weight is 440 g/mol. The highest BCUT2D eigenvalue weighted by Gasteiger charge is 2.47. The maximum Gasteiger partial charge on any atom is 0.186 e. The Morgan fingerprint density at radius 2 is 1.23 bits per heavy atom. The third-order valence-corrected chi connectivity index (χ3v) is 5.36. The Hall–Kier alpha value is -0.440. The summed E-state index contributed by atoms with van der Waals surface area (Å²) in [6.45, 7) is 5.10. The van der Waals surface area contributed by atoms with Crippen LogP contribution in [0.25, 0.3) is 0 Å². The zero-order valence-corrected chi connectivity index (χ0v) is 17.5. The van der Waals surface area contributed by atoms with Crippen molar-refractivity contribution < 1.29 is 54.7 Å². The first-order valence-corrected chi connectivity index (χ1v) is 10.4. The van der Waals surface area contributed by atoms with Crippen LogP contribution in [-0.2, 0) is 18.9 Å². The van der Waals surface area contributed by atoms with Crippen LogP contribution < -0.4 is 0 Å². The average Bonchev–Trinajstić information content (AvgIpc) is 2.69. The largest absolute Gasteiger partial charge is 0.391 e. The van der Waals surface area contributed by atoms with E-state index in [1.54, 1.807) is 6.92 Å². The quantitative estimate of drug-likeness (QED) is 0.201. The van der Waals surface area contributed by atoms with E-state index in [0.29, 0.717) is 12.8 Å². The van der Waals surface area contributed by atoms with Gasteiger partial charge in [0.25, 0.3) is 0 Å². The third kappa shape index (κ3) is 6.30. The summed E-state index contributed by atoms with van der Waals surface area (Å²) in [5, 5.41) is 70.3. The molecule has 2 rings (SSSR count). The fourth-order valence-corrected chi connectivity index (χ4v) is 3.59. The van der Waals surface area contributed by atoms with Gasteiger partial charge in [-0.25, -0.2) is 0 Å². The molecular weight excluding hydrogens is 404 g/mol. The topological polar surface area (TPSA) is 179 Å². The van der Waals surface area contributed by atoms with E-state index in [4.69, 9.17) is 18.9 Å². The van der Waals surface area contributed by atoms with Gasteiger partial charge in [-0.1, -0.05) is 20.8 Å². The van der Waals surface area contributed by atoms with Gasteiger partial charge in [-0.15, -0.1) is 0 Å². The fraction of sp³-hybridized carbons (Fsp3) is 1.00. The molecule has 0 aromatic carbocycles. The van der Waals surface area contributed by atoms with Crippen molar-refractivity contribution in [1.82, 2.24) is 0 Å². The van der Waals surface area contributed by atoms with Crippen molar-refractivity contribution in [3.8, 4) is 0 Å². The van der Waals surface area contributed by atoms with Crippen molar-refractivity contribution in [2.45, 2.75) is 101 Å². The molecule has 178 valence electrons. The zero-order valence-electron chi connectivity index (χ0n) is 17.5. The molecule has 11 nitrogen and oxygen atoms in total. The van der Waals surface area contributed by atoms with Crippen LogP contribution in [0.1, 0.15) is 33.6 Å². The molecule has 0 bridgehead atoms. The molecule has 0 amide bonds. The second-order valence-corrected chi connectivity index (χ2v) is 8.39. The summed E-state index contributed by atoms with van der Waals surface area (Å²) in [5.74, 6) is 0.233. The SMILES string of the molecule is CCC1OC(OCC2OC(OCC(O)CC(C)C)C(O)C(O)C2O)C(O)C(O)C1O. The van der Waals surface area contributed by atoms with Crippen molar-refractivity contribution in [3.05, 3.63) is 0 Å². The number of aliphatic hydroxyl groups is 7. The Balaban J connectivity index is 1.93. The first-order valence-electron chi connectivity index (χ1n) is 10.4. The van der Waals surface area contributed by atoms with Gasteiger partial charge in [-0.2, -0.15) is 0 Å². The van der Waals surface area contributed by atoms with Crippen molar-refractivity contribution >= 4 is 0 Å². The van der Waals surface area contributed by atoms with E-state index in [-0.39, 0.29) is 19.1 Å². The monoisotopic (exact) mass is 440 g/mol.